The molecule has 0 fully saturated rings. The SMILES string of the molecule is COc1c(Br)cc(CCCO)c(F)c1F. The Labute approximate surface area is 95.0 Å². The van der Waals surface area contributed by atoms with Crippen LogP contribution in [0.5, 0.6) is 5.75 Å². The van der Waals surface area contributed by atoms with E-state index in [0.717, 1.165) is 0 Å². The molecule has 0 spiro atoms. The zero-order valence-electron chi connectivity index (χ0n) is 8.19. The molecule has 5 heteroatoms. The van der Waals surface area contributed by atoms with E-state index in [1.165, 1.54) is 13.2 Å². The third-order valence-electron chi connectivity index (χ3n) is 2.00. The Balaban J connectivity index is 3.10. The van der Waals surface area contributed by atoms with E-state index in [9.17, 15) is 8.78 Å². The lowest BCUT2D eigenvalue weighted by molar-refractivity contribution is 0.287. The van der Waals surface area contributed by atoms with Gasteiger partial charge in [-0.05, 0) is 40.4 Å². The summed E-state index contributed by atoms with van der Waals surface area (Å²) in [5, 5.41) is 8.61. The van der Waals surface area contributed by atoms with Gasteiger partial charge >= 0.3 is 0 Å². The minimum atomic E-state index is -1.00. The van der Waals surface area contributed by atoms with Crippen molar-refractivity contribution in [3.63, 3.8) is 0 Å². The zero-order valence-corrected chi connectivity index (χ0v) is 9.77. The molecule has 0 heterocycles. The van der Waals surface area contributed by atoms with Gasteiger partial charge in [0.05, 0.1) is 11.6 Å². The Morgan fingerprint density at radius 1 is 1.40 bits per heavy atom. The van der Waals surface area contributed by atoms with Crippen molar-refractivity contribution in [1.29, 1.82) is 0 Å². The lowest BCUT2D eigenvalue weighted by Gasteiger charge is -2.09. The Kier molecular flexibility index (Phi) is 4.47. The van der Waals surface area contributed by atoms with Crippen LogP contribution in [0.2, 0.25) is 0 Å². The molecule has 0 aliphatic rings. The van der Waals surface area contributed by atoms with Crippen LogP contribution in [0.4, 0.5) is 8.78 Å². The van der Waals surface area contributed by atoms with Crippen LogP contribution in [0.3, 0.4) is 0 Å². The van der Waals surface area contributed by atoms with E-state index in [2.05, 4.69) is 15.9 Å². The molecule has 0 amide bonds. The molecular formula is C10H11BrF2O2. The molecule has 0 radical (unpaired) electrons. The maximum absolute atomic E-state index is 13.4. The second-order valence-corrected chi connectivity index (χ2v) is 3.86. The van der Waals surface area contributed by atoms with Gasteiger partial charge in [0.2, 0.25) is 5.82 Å². The summed E-state index contributed by atoms with van der Waals surface area (Å²) in [5.74, 6) is -2.05. The van der Waals surface area contributed by atoms with E-state index in [-0.39, 0.29) is 17.9 Å². The van der Waals surface area contributed by atoms with Gasteiger partial charge in [0.25, 0.3) is 0 Å². The summed E-state index contributed by atoms with van der Waals surface area (Å²) in [6.07, 6.45) is 0.691. The van der Waals surface area contributed by atoms with E-state index in [0.29, 0.717) is 17.3 Å². The lowest BCUT2D eigenvalue weighted by Crippen LogP contribution is -2.00. The molecule has 0 unspecified atom stereocenters. The summed E-state index contributed by atoms with van der Waals surface area (Å²) in [5.41, 5.74) is 0.231. The molecule has 2 nitrogen and oxygen atoms in total. The van der Waals surface area contributed by atoms with Crippen molar-refractivity contribution >= 4 is 15.9 Å². The van der Waals surface area contributed by atoms with Gasteiger partial charge in [-0.1, -0.05) is 0 Å². The number of ether oxygens (including phenoxy) is 1. The van der Waals surface area contributed by atoms with E-state index in [4.69, 9.17) is 9.84 Å². The van der Waals surface area contributed by atoms with Crippen molar-refractivity contribution in [3.8, 4) is 5.75 Å². The van der Waals surface area contributed by atoms with Crippen molar-refractivity contribution in [2.45, 2.75) is 12.8 Å². The normalized spacial score (nSPS) is 10.5. The van der Waals surface area contributed by atoms with Gasteiger partial charge in [-0.2, -0.15) is 4.39 Å². The molecule has 1 rings (SSSR count). The smallest absolute Gasteiger partial charge is 0.202 e. The fourth-order valence-corrected chi connectivity index (χ4v) is 1.88. The van der Waals surface area contributed by atoms with Gasteiger partial charge in [0.1, 0.15) is 0 Å². The van der Waals surface area contributed by atoms with Crippen LogP contribution in [-0.2, 0) is 6.42 Å². The van der Waals surface area contributed by atoms with Crippen LogP contribution in [0.25, 0.3) is 0 Å². The van der Waals surface area contributed by atoms with E-state index >= 15 is 0 Å². The molecule has 1 N–H and O–H groups in total. The van der Waals surface area contributed by atoms with Gasteiger partial charge in [-0.25, -0.2) is 4.39 Å². The van der Waals surface area contributed by atoms with Crippen molar-refractivity contribution in [2.24, 2.45) is 0 Å². The summed E-state index contributed by atoms with van der Waals surface area (Å²) >= 11 is 3.09. The zero-order chi connectivity index (χ0) is 11.4. The molecule has 0 saturated carbocycles. The largest absolute Gasteiger partial charge is 0.492 e. The first-order valence-electron chi connectivity index (χ1n) is 4.43. The number of halogens is 3. The van der Waals surface area contributed by atoms with Gasteiger partial charge in [-0.15, -0.1) is 0 Å². The summed E-state index contributed by atoms with van der Waals surface area (Å²) < 4.78 is 31.8. The summed E-state index contributed by atoms with van der Waals surface area (Å²) in [6, 6.07) is 1.47. The number of aliphatic hydroxyl groups is 1. The van der Waals surface area contributed by atoms with Crippen molar-refractivity contribution in [3.05, 3.63) is 27.7 Å². The first-order chi connectivity index (χ1) is 7.11. The van der Waals surface area contributed by atoms with Crippen molar-refractivity contribution in [2.75, 3.05) is 13.7 Å². The molecule has 1 aromatic rings. The molecular weight excluding hydrogens is 270 g/mol. The first kappa shape index (κ1) is 12.4. The fourth-order valence-electron chi connectivity index (χ4n) is 1.27. The molecule has 0 saturated heterocycles. The number of benzene rings is 1. The highest BCUT2D eigenvalue weighted by Gasteiger charge is 2.17. The highest BCUT2D eigenvalue weighted by Crippen LogP contribution is 2.32. The minimum absolute atomic E-state index is 0.0509. The van der Waals surface area contributed by atoms with Gasteiger partial charge < -0.3 is 9.84 Å². The molecule has 15 heavy (non-hydrogen) atoms. The van der Waals surface area contributed by atoms with Crippen LogP contribution in [0, 0.1) is 11.6 Å². The number of methoxy groups -OCH3 is 1. The van der Waals surface area contributed by atoms with Crippen LogP contribution >= 0.6 is 15.9 Å². The van der Waals surface area contributed by atoms with Crippen molar-refractivity contribution < 1.29 is 18.6 Å². The molecule has 0 aliphatic carbocycles. The second-order valence-electron chi connectivity index (χ2n) is 3.01. The average molecular weight is 281 g/mol. The number of hydrogen-bond acceptors (Lipinski definition) is 2. The molecule has 0 aromatic heterocycles. The summed E-state index contributed by atoms with van der Waals surface area (Å²) in [6.45, 7) is -0.0509. The highest BCUT2D eigenvalue weighted by molar-refractivity contribution is 9.10. The van der Waals surface area contributed by atoms with Gasteiger partial charge in [-0.3, -0.25) is 0 Å². The second kappa shape index (κ2) is 5.42. The maximum Gasteiger partial charge on any atom is 0.202 e. The summed E-state index contributed by atoms with van der Waals surface area (Å²) in [4.78, 5) is 0. The Morgan fingerprint density at radius 3 is 2.60 bits per heavy atom. The van der Waals surface area contributed by atoms with Crippen LogP contribution < -0.4 is 4.74 Å². The quantitative estimate of drug-likeness (QED) is 0.860. The Bertz CT molecular complexity index is 356. The monoisotopic (exact) mass is 280 g/mol. The highest BCUT2D eigenvalue weighted by atomic mass is 79.9. The van der Waals surface area contributed by atoms with E-state index in [1.54, 1.807) is 0 Å². The molecule has 0 atom stereocenters. The third kappa shape index (κ3) is 2.66. The Hall–Kier alpha value is -0.680. The third-order valence-corrected chi connectivity index (χ3v) is 2.59. The fraction of sp³-hybridized carbons (Fsp3) is 0.400. The van der Waals surface area contributed by atoms with Gasteiger partial charge in [0, 0.05) is 6.61 Å². The Morgan fingerprint density at radius 2 is 2.07 bits per heavy atom. The molecule has 0 aliphatic heterocycles. The first-order valence-corrected chi connectivity index (χ1v) is 5.22. The van der Waals surface area contributed by atoms with Crippen molar-refractivity contribution in [1.82, 2.24) is 0 Å². The van der Waals surface area contributed by atoms with Crippen LogP contribution in [-0.4, -0.2) is 18.8 Å². The molecule has 1 aromatic carbocycles. The molecule has 84 valence electrons. The van der Waals surface area contributed by atoms with E-state index < -0.39 is 11.6 Å². The predicted octanol–water partition coefficient (Wildman–Crippen LogP) is 2.66. The van der Waals surface area contributed by atoms with Gasteiger partial charge in [0.15, 0.2) is 11.6 Å². The summed E-state index contributed by atoms with van der Waals surface area (Å²) in [7, 11) is 1.27. The predicted molar refractivity (Wildman–Crippen MR) is 56.0 cm³/mol. The van der Waals surface area contributed by atoms with E-state index in [1.807, 2.05) is 0 Å². The maximum atomic E-state index is 13.4. The molecule has 0 bridgehead atoms. The number of rotatable bonds is 4. The number of hydrogen-bond donors (Lipinski definition) is 1. The lowest BCUT2D eigenvalue weighted by atomic mass is 10.1. The van der Waals surface area contributed by atoms with Crippen LogP contribution in [0.15, 0.2) is 10.5 Å². The number of aryl methyl sites for hydroxylation is 1. The topological polar surface area (TPSA) is 29.5 Å². The minimum Gasteiger partial charge on any atom is -0.492 e. The standard InChI is InChI=1S/C10H11BrF2O2/c1-15-10-7(11)5-6(3-2-4-14)8(12)9(10)13/h5,14H,2-4H2,1H3. The number of aliphatic hydroxyl groups excluding tert-OH is 1. The van der Waals surface area contributed by atoms with Crippen LogP contribution in [0.1, 0.15) is 12.0 Å². The average Bonchev–Trinajstić information content (AvgIpc) is 2.22.